The normalized spacial score (nSPS) is 16.2. The summed E-state index contributed by atoms with van der Waals surface area (Å²) in [6.45, 7) is 0.0365. The summed E-state index contributed by atoms with van der Waals surface area (Å²) in [4.78, 5) is 31.0. The molecular weight excluding hydrogens is 413 g/mol. The maximum Gasteiger partial charge on any atom is 0.416 e. The number of hydrogen-bond acceptors (Lipinski definition) is 5. The van der Waals surface area contributed by atoms with Crippen LogP contribution in [0.2, 0.25) is 0 Å². The number of nitrogens with zero attached hydrogens (tertiary/aromatic N) is 3. The zero-order chi connectivity index (χ0) is 22.3. The van der Waals surface area contributed by atoms with Gasteiger partial charge in [-0.25, -0.2) is 4.98 Å². The first-order valence-corrected chi connectivity index (χ1v) is 9.13. The van der Waals surface area contributed by atoms with Crippen LogP contribution in [0.5, 0.6) is 0 Å². The van der Waals surface area contributed by atoms with E-state index in [2.05, 4.69) is 10.3 Å². The number of benzene rings is 1. The van der Waals surface area contributed by atoms with Crippen molar-refractivity contribution in [3.8, 4) is 0 Å². The van der Waals surface area contributed by atoms with Crippen LogP contribution in [-0.2, 0) is 6.18 Å². The molecule has 0 aliphatic carbocycles. The van der Waals surface area contributed by atoms with Gasteiger partial charge in [0.05, 0.1) is 35.7 Å². The lowest BCUT2D eigenvalue weighted by atomic mass is 10.1. The highest BCUT2D eigenvalue weighted by Crippen LogP contribution is 2.32. The Labute approximate surface area is 174 Å². The number of nitrogens with one attached hydrogen (secondary N) is 1. The summed E-state index contributed by atoms with van der Waals surface area (Å²) in [6.07, 6.45) is -2.27. The molecule has 2 aromatic heterocycles. The Balaban J connectivity index is 1.64. The molecule has 3 heterocycles. The first-order chi connectivity index (χ1) is 14.6. The molecule has 0 saturated carbocycles. The highest BCUT2D eigenvalue weighted by molar-refractivity contribution is 6.16. The number of pyridine rings is 1. The Kier molecular flexibility index (Phi) is 4.90. The summed E-state index contributed by atoms with van der Waals surface area (Å²) in [5.74, 6) is -0.824. The molecule has 0 saturated heterocycles. The number of aromatic nitrogens is 2. The van der Waals surface area contributed by atoms with Gasteiger partial charge in [-0.3, -0.25) is 9.59 Å². The highest BCUT2D eigenvalue weighted by atomic mass is 19.4. The van der Waals surface area contributed by atoms with Crippen LogP contribution in [0.25, 0.3) is 0 Å². The van der Waals surface area contributed by atoms with Crippen molar-refractivity contribution in [2.24, 2.45) is 5.73 Å². The molecule has 0 radical (unpaired) electrons. The van der Waals surface area contributed by atoms with Crippen molar-refractivity contribution in [3.05, 3.63) is 71.7 Å². The molecule has 0 unspecified atom stereocenters. The molecule has 1 aliphatic heterocycles. The molecule has 31 heavy (non-hydrogen) atoms. The SMILES string of the molecule is Nc1ccc(NC(=O)c2ccn3c2C(=O)N(c2ccc(C(F)(F)F)cc2)C[C@@H]3N)cn1. The van der Waals surface area contributed by atoms with Gasteiger partial charge >= 0.3 is 6.18 Å². The van der Waals surface area contributed by atoms with Gasteiger partial charge in [-0.05, 0) is 42.5 Å². The van der Waals surface area contributed by atoms with Crippen molar-refractivity contribution in [1.82, 2.24) is 9.55 Å². The number of carbonyl (C=O) groups excluding carboxylic acids is 2. The monoisotopic (exact) mass is 430 g/mol. The largest absolute Gasteiger partial charge is 0.416 e. The third-order valence-electron chi connectivity index (χ3n) is 4.88. The van der Waals surface area contributed by atoms with Gasteiger partial charge in [0.25, 0.3) is 11.8 Å². The first-order valence-electron chi connectivity index (χ1n) is 9.13. The summed E-state index contributed by atoms with van der Waals surface area (Å²) < 4.78 is 40.0. The number of amides is 2. The van der Waals surface area contributed by atoms with Gasteiger partial charge in [0.2, 0.25) is 0 Å². The Morgan fingerprint density at radius 1 is 1.13 bits per heavy atom. The number of nitrogens with two attached hydrogens (primary N) is 2. The number of carbonyl (C=O) groups is 2. The predicted octanol–water partition coefficient (Wildman–Crippen LogP) is 2.85. The number of fused-ring (bicyclic) bond motifs is 1. The van der Waals surface area contributed by atoms with Crippen LogP contribution in [-0.4, -0.2) is 27.9 Å². The summed E-state index contributed by atoms with van der Waals surface area (Å²) in [6, 6.07) is 8.72. The average Bonchev–Trinajstić information content (AvgIpc) is 3.18. The Bertz CT molecular complexity index is 1140. The van der Waals surface area contributed by atoms with Gasteiger partial charge in [0.1, 0.15) is 11.5 Å². The van der Waals surface area contributed by atoms with Crippen LogP contribution in [0.4, 0.5) is 30.4 Å². The summed E-state index contributed by atoms with van der Waals surface area (Å²) in [7, 11) is 0. The summed E-state index contributed by atoms with van der Waals surface area (Å²) in [5.41, 5.74) is 11.6. The van der Waals surface area contributed by atoms with E-state index < -0.39 is 29.7 Å². The number of rotatable bonds is 3. The van der Waals surface area contributed by atoms with E-state index >= 15 is 0 Å². The maximum absolute atomic E-state index is 13.1. The minimum absolute atomic E-state index is 0.0365. The van der Waals surface area contributed by atoms with Crippen molar-refractivity contribution in [2.75, 3.05) is 22.5 Å². The Morgan fingerprint density at radius 3 is 2.45 bits per heavy atom. The maximum atomic E-state index is 13.1. The second-order valence-corrected chi connectivity index (χ2v) is 6.94. The third kappa shape index (κ3) is 3.82. The zero-order valence-corrected chi connectivity index (χ0v) is 15.9. The molecule has 8 nitrogen and oxygen atoms in total. The van der Waals surface area contributed by atoms with Crippen molar-refractivity contribution in [2.45, 2.75) is 12.3 Å². The van der Waals surface area contributed by atoms with E-state index in [-0.39, 0.29) is 29.3 Å². The van der Waals surface area contributed by atoms with Gasteiger partial charge < -0.3 is 26.3 Å². The Hall–Kier alpha value is -3.86. The van der Waals surface area contributed by atoms with Gasteiger partial charge in [-0.2, -0.15) is 13.2 Å². The smallest absolute Gasteiger partial charge is 0.384 e. The standard InChI is InChI=1S/C20H17F3N6O2/c21-20(22,23)11-1-4-13(5-2-11)29-10-16(25)28-8-7-14(17(28)19(29)31)18(30)27-12-3-6-15(24)26-9-12/h1-9,16H,10,25H2,(H2,24,26)(H,27,30)/t16-/m1/s1. The number of halogens is 3. The third-order valence-corrected chi connectivity index (χ3v) is 4.88. The molecule has 1 atom stereocenters. The quantitative estimate of drug-likeness (QED) is 0.590. The molecular formula is C20H17F3N6O2. The highest BCUT2D eigenvalue weighted by Gasteiger charge is 2.35. The summed E-state index contributed by atoms with van der Waals surface area (Å²) >= 11 is 0. The fourth-order valence-corrected chi connectivity index (χ4v) is 3.35. The van der Waals surface area contributed by atoms with Crippen LogP contribution in [0.15, 0.2) is 54.9 Å². The van der Waals surface area contributed by atoms with E-state index in [1.54, 1.807) is 6.07 Å². The van der Waals surface area contributed by atoms with Gasteiger partial charge in [-0.15, -0.1) is 0 Å². The molecule has 160 valence electrons. The fourth-order valence-electron chi connectivity index (χ4n) is 3.35. The molecule has 3 aromatic rings. The first kappa shape index (κ1) is 20.4. The number of alkyl halides is 3. The van der Waals surface area contributed by atoms with E-state index in [0.29, 0.717) is 5.69 Å². The average molecular weight is 430 g/mol. The van der Waals surface area contributed by atoms with Crippen LogP contribution in [0.3, 0.4) is 0 Å². The molecule has 5 N–H and O–H groups in total. The topological polar surface area (TPSA) is 119 Å². The van der Waals surface area contributed by atoms with Crippen molar-refractivity contribution in [3.63, 3.8) is 0 Å². The number of anilines is 3. The van der Waals surface area contributed by atoms with Crippen molar-refractivity contribution < 1.29 is 22.8 Å². The molecule has 2 amide bonds. The number of hydrogen-bond donors (Lipinski definition) is 3. The van der Waals surface area contributed by atoms with Gasteiger partial charge in [0, 0.05) is 11.9 Å². The second kappa shape index (κ2) is 7.43. The zero-order valence-electron chi connectivity index (χ0n) is 15.9. The number of nitrogen functional groups attached to an aromatic ring is 1. The van der Waals surface area contributed by atoms with Crippen LogP contribution < -0.4 is 21.7 Å². The molecule has 4 rings (SSSR count). The second-order valence-electron chi connectivity index (χ2n) is 6.94. The van der Waals surface area contributed by atoms with E-state index in [9.17, 15) is 22.8 Å². The van der Waals surface area contributed by atoms with Crippen LogP contribution in [0, 0.1) is 0 Å². The van der Waals surface area contributed by atoms with E-state index in [4.69, 9.17) is 11.5 Å². The molecule has 1 aromatic carbocycles. The van der Waals surface area contributed by atoms with E-state index in [1.807, 2.05) is 0 Å². The molecule has 11 heteroatoms. The van der Waals surface area contributed by atoms with Crippen molar-refractivity contribution >= 4 is 29.0 Å². The lowest BCUT2D eigenvalue weighted by Gasteiger charge is -2.33. The molecule has 1 aliphatic rings. The predicted molar refractivity (Wildman–Crippen MR) is 107 cm³/mol. The van der Waals surface area contributed by atoms with E-state index in [1.165, 1.54) is 46.1 Å². The van der Waals surface area contributed by atoms with Crippen LogP contribution >= 0.6 is 0 Å². The van der Waals surface area contributed by atoms with Gasteiger partial charge in [-0.1, -0.05) is 0 Å². The Morgan fingerprint density at radius 2 is 1.84 bits per heavy atom. The molecule has 0 spiro atoms. The summed E-state index contributed by atoms with van der Waals surface area (Å²) in [5, 5.41) is 2.63. The van der Waals surface area contributed by atoms with E-state index in [0.717, 1.165) is 12.1 Å². The minimum Gasteiger partial charge on any atom is -0.384 e. The van der Waals surface area contributed by atoms with Gasteiger partial charge in [0.15, 0.2) is 0 Å². The molecule has 0 fully saturated rings. The minimum atomic E-state index is -4.49. The lowest BCUT2D eigenvalue weighted by Crippen LogP contribution is -2.46. The van der Waals surface area contributed by atoms with Crippen LogP contribution in [0.1, 0.15) is 32.6 Å². The lowest BCUT2D eigenvalue weighted by molar-refractivity contribution is -0.137. The van der Waals surface area contributed by atoms with Crippen molar-refractivity contribution in [1.29, 1.82) is 0 Å². The molecule has 0 bridgehead atoms. The fraction of sp³-hybridized carbons (Fsp3) is 0.150.